The lowest BCUT2D eigenvalue weighted by molar-refractivity contribution is 0.00578. The van der Waals surface area contributed by atoms with Crippen molar-refractivity contribution in [1.29, 1.82) is 0 Å². The van der Waals surface area contributed by atoms with E-state index in [2.05, 4.69) is 93.5 Å². The molecule has 1 saturated heterocycles. The summed E-state index contributed by atoms with van der Waals surface area (Å²) in [6, 6.07) is 12.5. The molecule has 1 fully saturated rings. The Labute approximate surface area is 195 Å². The zero-order valence-corrected chi connectivity index (χ0v) is 21.5. The highest BCUT2D eigenvalue weighted by Crippen LogP contribution is 2.39. The minimum Gasteiger partial charge on any atom is -0.507 e. The van der Waals surface area contributed by atoms with Crippen molar-refractivity contribution in [3.63, 3.8) is 0 Å². The molecule has 0 radical (unpaired) electrons. The molecule has 0 spiro atoms. The van der Waals surface area contributed by atoms with Gasteiger partial charge in [-0.15, -0.1) is 0 Å². The van der Waals surface area contributed by atoms with E-state index in [1.54, 1.807) is 0 Å². The van der Waals surface area contributed by atoms with Gasteiger partial charge in [0.25, 0.3) is 0 Å². The first-order valence-corrected chi connectivity index (χ1v) is 11.5. The fourth-order valence-corrected chi connectivity index (χ4v) is 3.72. The van der Waals surface area contributed by atoms with Crippen molar-refractivity contribution in [2.45, 2.75) is 91.3 Å². The van der Waals surface area contributed by atoms with Crippen LogP contribution in [-0.2, 0) is 20.1 Å². The predicted molar refractivity (Wildman–Crippen MR) is 137 cm³/mol. The minimum absolute atomic E-state index is 0.000768. The van der Waals surface area contributed by atoms with E-state index in [1.807, 2.05) is 24.3 Å². The lowest BCUT2D eigenvalue weighted by atomic mass is 9.78. The maximum Gasteiger partial charge on any atom is 0.494 e. The van der Waals surface area contributed by atoms with Crippen LogP contribution in [0.5, 0.6) is 5.75 Å². The van der Waals surface area contributed by atoms with Gasteiger partial charge in [0.15, 0.2) is 0 Å². The summed E-state index contributed by atoms with van der Waals surface area (Å²) in [4.78, 5) is 0. The van der Waals surface area contributed by atoms with Crippen molar-refractivity contribution in [2.75, 3.05) is 0 Å². The maximum atomic E-state index is 11.0. The monoisotopic (exact) mass is 434 g/mol. The van der Waals surface area contributed by atoms with E-state index >= 15 is 0 Å². The van der Waals surface area contributed by atoms with Gasteiger partial charge >= 0.3 is 7.12 Å². The lowest BCUT2D eigenvalue weighted by Crippen LogP contribution is -2.41. The topological polar surface area (TPSA) is 38.7 Å². The fraction of sp³-hybridized carbons (Fsp3) is 0.500. The quantitative estimate of drug-likeness (QED) is 0.445. The SMILES string of the molecule is CC(C)(C)c1cc(/C=C/c2ccc(B3OC(C)(C)C(C)(C)O3)cc2)c(O)c(C(C)(C)C)c1. The molecule has 0 aromatic heterocycles. The minimum atomic E-state index is -0.361. The smallest absolute Gasteiger partial charge is 0.494 e. The predicted octanol–water partition coefficient (Wildman–Crippen LogP) is 6.46. The molecule has 0 atom stereocenters. The van der Waals surface area contributed by atoms with Crippen molar-refractivity contribution < 1.29 is 14.4 Å². The Bertz CT molecular complexity index is 987. The summed E-state index contributed by atoms with van der Waals surface area (Å²) < 4.78 is 12.3. The van der Waals surface area contributed by atoms with Crippen LogP contribution in [0.4, 0.5) is 0 Å². The van der Waals surface area contributed by atoms with E-state index in [9.17, 15) is 5.11 Å². The first-order valence-electron chi connectivity index (χ1n) is 11.5. The number of aromatic hydroxyl groups is 1. The summed E-state index contributed by atoms with van der Waals surface area (Å²) in [7, 11) is -0.361. The third kappa shape index (κ3) is 4.97. The van der Waals surface area contributed by atoms with Crippen molar-refractivity contribution in [3.8, 4) is 5.75 Å². The molecule has 2 aromatic rings. The van der Waals surface area contributed by atoms with Gasteiger partial charge in [-0.2, -0.15) is 0 Å². The van der Waals surface area contributed by atoms with Crippen LogP contribution in [0.3, 0.4) is 0 Å². The summed E-state index contributed by atoms with van der Waals surface area (Å²) in [6.45, 7) is 21.3. The zero-order chi connectivity index (χ0) is 24.1. The molecule has 32 heavy (non-hydrogen) atoms. The van der Waals surface area contributed by atoms with E-state index in [0.717, 1.165) is 22.2 Å². The van der Waals surface area contributed by atoms with Crippen molar-refractivity contribution in [3.05, 3.63) is 58.7 Å². The van der Waals surface area contributed by atoms with E-state index in [-0.39, 0.29) is 29.2 Å². The average molecular weight is 434 g/mol. The van der Waals surface area contributed by atoms with Gasteiger partial charge in [0.05, 0.1) is 11.2 Å². The Morgan fingerprint density at radius 2 is 1.31 bits per heavy atom. The van der Waals surface area contributed by atoms with E-state index in [1.165, 1.54) is 5.56 Å². The number of rotatable bonds is 3. The van der Waals surface area contributed by atoms with Gasteiger partial charge in [0, 0.05) is 11.1 Å². The highest BCUT2D eigenvalue weighted by atomic mass is 16.7. The molecule has 4 heteroatoms. The van der Waals surface area contributed by atoms with Gasteiger partial charge in [-0.3, -0.25) is 0 Å². The zero-order valence-electron chi connectivity index (χ0n) is 21.5. The Kier molecular flexibility index (Phi) is 6.21. The molecular formula is C28H39BO3. The number of phenols is 1. The van der Waals surface area contributed by atoms with Gasteiger partial charge in [0.2, 0.25) is 0 Å². The van der Waals surface area contributed by atoms with Gasteiger partial charge in [-0.05, 0) is 61.2 Å². The normalized spacial score (nSPS) is 18.5. The van der Waals surface area contributed by atoms with Crippen LogP contribution in [0, 0.1) is 0 Å². The molecule has 172 valence electrons. The molecule has 0 unspecified atom stereocenters. The number of hydrogen-bond acceptors (Lipinski definition) is 3. The number of phenolic OH excluding ortho intramolecular Hbond substituents is 1. The van der Waals surface area contributed by atoms with Crippen LogP contribution in [0.15, 0.2) is 36.4 Å². The fourth-order valence-electron chi connectivity index (χ4n) is 3.72. The highest BCUT2D eigenvalue weighted by molar-refractivity contribution is 6.62. The Morgan fingerprint density at radius 3 is 1.78 bits per heavy atom. The van der Waals surface area contributed by atoms with E-state index < -0.39 is 0 Å². The van der Waals surface area contributed by atoms with Crippen LogP contribution < -0.4 is 5.46 Å². The second-order valence-electron chi connectivity index (χ2n) is 12.0. The molecule has 3 rings (SSSR count). The second-order valence-corrected chi connectivity index (χ2v) is 12.0. The third-order valence-electron chi connectivity index (χ3n) is 6.73. The molecule has 1 aliphatic heterocycles. The van der Waals surface area contributed by atoms with Gasteiger partial charge in [-0.25, -0.2) is 0 Å². The van der Waals surface area contributed by atoms with Crippen molar-refractivity contribution >= 4 is 24.7 Å². The third-order valence-corrected chi connectivity index (χ3v) is 6.73. The molecule has 3 nitrogen and oxygen atoms in total. The summed E-state index contributed by atoms with van der Waals surface area (Å²) in [5, 5.41) is 11.0. The van der Waals surface area contributed by atoms with Crippen molar-refractivity contribution in [2.24, 2.45) is 0 Å². The molecule has 1 heterocycles. The number of benzene rings is 2. The largest absolute Gasteiger partial charge is 0.507 e. The van der Waals surface area contributed by atoms with Crippen LogP contribution in [0.1, 0.15) is 91.5 Å². The lowest BCUT2D eigenvalue weighted by Gasteiger charge is -2.32. The molecule has 2 aromatic carbocycles. The van der Waals surface area contributed by atoms with Crippen LogP contribution >= 0.6 is 0 Å². The van der Waals surface area contributed by atoms with Gasteiger partial charge < -0.3 is 14.4 Å². The van der Waals surface area contributed by atoms with Gasteiger partial charge in [0.1, 0.15) is 5.75 Å². The summed E-state index contributed by atoms with van der Waals surface area (Å²) in [5.41, 5.74) is 4.26. The molecule has 1 N–H and O–H groups in total. The van der Waals surface area contributed by atoms with E-state index in [4.69, 9.17) is 9.31 Å². The van der Waals surface area contributed by atoms with Crippen LogP contribution in [0.25, 0.3) is 12.2 Å². The summed E-state index contributed by atoms with van der Waals surface area (Å²) >= 11 is 0. The number of hydrogen-bond donors (Lipinski definition) is 1. The molecule has 0 aliphatic carbocycles. The standard InChI is InChI=1S/C28H39BO3/c1-25(2,3)21-17-20(24(30)23(18-21)26(4,5)6)14-11-19-12-15-22(16-13-19)29-31-27(7,8)28(9,10)32-29/h11-18,30H,1-10H3/b14-11+. The van der Waals surface area contributed by atoms with Gasteiger partial charge in [-0.1, -0.05) is 84.0 Å². The van der Waals surface area contributed by atoms with Crippen molar-refractivity contribution in [1.82, 2.24) is 0 Å². The average Bonchev–Trinajstić information content (AvgIpc) is 2.86. The summed E-state index contributed by atoms with van der Waals surface area (Å²) in [6.07, 6.45) is 4.05. The Hall–Kier alpha value is -2.04. The first kappa shape index (κ1) is 24.6. The molecular weight excluding hydrogens is 395 g/mol. The summed E-state index contributed by atoms with van der Waals surface area (Å²) in [5.74, 6) is 0.357. The Balaban J connectivity index is 1.88. The molecule has 0 amide bonds. The van der Waals surface area contributed by atoms with Crippen LogP contribution in [-0.4, -0.2) is 23.4 Å². The molecule has 0 bridgehead atoms. The molecule has 1 aliphatic rings. The van der Waals surface area contributed by atoms with E-state index in [0.29, 0.717) is 5.75 Å². The highest BCUT2D eigenvalue weighted by Gasteiger charge is 2.51. The maximum absolute atomic E-state index is 11.0. The van der Waals surface area contributed by atoms with Crippen LogP contribution in [0.2, 0.25) is 0 Å². The molecule has 0 saturated carbocycles. The second kappa shape index (κ2) is 8.07. The first-order chi connectivity index (χ1) is 14.5. The Morgan fingerprint density at radius 1 is 0.781 bits per heavy atom.